The van der Waals surface area contributed by atoms with Gasteiger partial charge in [0, 0.05) is 11.3 Å². The van der Waals surface area contributed by atoms with E-state index >= 15 is 0 Å². The Balaban J connectivity index is 1.62. The molecule has 5 nitrogen and oxygen atoms in total. The van der Waals surface area contributed by atoms with Gasteiger partial charge >= 0.3 is 0 Å². The third-order valence-electron chi connectivity index (χ3n) is 5.25. The molecule has 0 saturated carbocycles. The van der Waals surface area contributed by atoms with Gasteiger partial charge in [-0.3, -0.25) is 9.59 Å². The SMILES string of the molecule is COc1cc(/C=C/C(=O)c2ccc(C(C)C)cc2)ccc1OCC(=O)Nc1ccccc1C. The Morgan fingerprint density at radius 1 is 0.970 bits per heavy atom. The zero-order valence-corrected chi connectivity index (χ0v) is 19.4. The summed E-state index contributed by atoms with van der Waals surface area (Å²) in [4.78, 5) is 24.7. The Morgan fingerprint density at radius 2 is 1.70 bits per heavy atom. The van der Waals surface area contributed by atoms with E-state index in [1.165, 1.54) is 18.7 Å². The van der Waals surface area contributed by atoms with Gasteiger partial charge in [0.2, 0.25) is 0 Å². The number of anilines is 1. The lowest BCUT2D eigenvalue weighted by molar-refractivity contribution is -0.118. The van der Waals surface area contributed by atoms with Gasteiger partial charge in [0.1, 0.15) is 0 Å². The Hall–Kier alpha value is -3.86. The van der Waals surface area contributed by atoms with E-state index in [1.54, 1.807) is 18.2 Å². The van der Waals surface area contributed by atoms with Crippen LogP contribution in [0.1, 0.15) is 46.8 Å². The molecule has 0 unspecified atom stereocenters. The van der Waals surface area contributed by atoms with Crippen molar-refractivity contribution in [2.24, 2.45) is 0 Å². The number of rotatable bonds is 9. The number of hydrogen-bond donors (Lipinski definition) is 1. The Kier molecular flexibility index (Phi) is 8.03. The predicted octanol–water partition coefficient (Wildman–Crippen LogP) is 6.04. The van der Waals surface area contributed by atoms with E-state index in [9.17, 15) is 9.59 Å². The van der Waals surface area contributed by atoms with Crippen LogP contribution in [0.2, 0.25) is 0 Å². The topological polar surface area (TPSA) is 64.6 Å². The van der Waals surface area contributed by atoms with Gasteiger partial charge in [0.05, 0.1) is 7.11 Å². The van der Waals surface area contributed by atoms with Gasteiger partial charge in [0.15, 0.2) is 23.9 Å². The smallest absolute Gasteiger partial charge is 0.262 e. The van der Waals surface area contributed by atoms with Gasteiger partial charge in [-0.15, -0.1) is 0 Å². The van der Waals surface area contributed by atoms with Crippen LogP contribution in [0.25, 0.3) is 6.08 Å². The molecule has 3 aromatic rings. The third kappa shape index (κ3) is 6.56. The van der Waals surface area contributed by atoms with Gasteiger partial charge in [-0.1, -0.05) is 68.5 Å². The molecule has 33 heavy (non-hydrogen) atoms. The van der Waals surface area contributed by atoms with E-state index < -0.39 is 0 Å². The summed E-state index contributed by atoms with van der Waals surface area (Å²) in [5.74, 6) is 1.02. The Morgan fingerprint density at radius 3 is 2.36 bits per heavy atom. The molecule has 0 fully saturated rings. The average molecular weight is 444 g/mol. The molecule has 0 bridgehead atoms. The van der Waals surface area contributed by atoms with Crippen LogP contribution >= 0.6 is 0 Å². The first kappa shape index (κ1) is 23.8. The van der Waals surface area contributed by atoms with E-state index in [2.05, 4.69) is 19.2 Å². The summed E-state index contributed by atoms with van der Waals surface area (Å²) in [7, 11) is 1.53. The first-order valence-corrected chi connectivity index (χ1v) is 10.9. The van der Waals surface area contributed by atoms with Crippen molar-refractivity contribution in [3.05, 3.63) is 95.1 Å². The fourth-order valence-corrected chi connectivity index (χ4v) is 3.25. The zero-order valence-electron chi connectivity index (χ0n) is 19.4. The van der Waals surface area contributed by atoms with Gasteiger partial charge in [0.25, 0.3) is 5.91 Å². The van der Waals surface area contributed by atoms with Crippen molar-refractivity contribution in [2.45, 2.75) is 26.7 Å². The monoisotopic (exact) mass is 443 g/mol. The molecule has 3 rings (SSSR count). The quantitative estimate of drug-likeness (QED) is 0.323. The van der Waals surface area contributed by atoms with Crippen molar-refractivity contribution >= 4 is 23.5 Å². The number of aryl methyl sites for hydroxylation is 1. The highest BCUT2D eigenvalue weighted by Crippen LogP contribution is 2.29. The normalized spacial score (nSPS) is 10.9. The van der Waals surface area contributed by atoms with Crippen molar-refractivity contribution < 1.29 is 19.1 Å². The minimum absolute atomic E-state index is 0.0718. The maximum atomic E-state index is 12.5. The zero-order chi connectivity index (χ0) is 23.8. The molecule has 0 aromatic heterocycles. The molecular formula is C28H29NO4. The van der Waals surface area contributed by atoms with Gasteiger partial charge in [-0.05, 0) is 53.8 Å². The number of methoxy groups -OCH3 is 1. The highest BCUT2D eigenvalue weighted by molar-refractivity contribution is 6.06. The number of para-hydroxylation sites is 1. The molecule has 0 aliphatic heterocycles. The second-order valence-corrected chi connectivity index (χ2v) is 8.04. The molecule has 0 radical (unpaired) electrons. The molecular weight excluding hydrogens is 414 g/mol. The van der Waals surface area contributed by atoms with Crippen molar-refractivity contribution in [3.8, 4) is 11.5 Å². The van der Waals surface area contributed by atoms with Crippen molar-refractivity contribution in [1.82, 2.24) is 0 Å². The standard InChI is InChI=1S/C28H29NO4/c1-19(2)22-11-13-23(14-12-22)25(30)15-9-21-10-16-26(27(17-21)32-4)33-18-28(31)29-24-8-6-5-7-20(24)3/h5-17,19H,18H2,1-4H3,(H,29,31)/b15-9+. The molecule has 0 aliphatic rings. The molecule has 0 aliphatic carbocycles. The number of carbonyl (C=O) groups excluding carboxylic acids is 2. The largest absolute Gasteiger partial charge is 0.493 e. The predicted molar refractivity (Wildman–Crippen MR) is 132 cm³/mol. The van der Waals surface area contributed by atoms with Gasteiger partial charge < -0.3 is 14.8 Å². The number of benzene rings is 3. The van der Waals surface area contributed by atoms with E-state index in [0.29, 0.717) is 23.0 Å². The molecule has 0 atom stereocenters. The second-order valence-electron chi connectivity index (χ2n) is 8.04. The van der Waals surface area contributed by atoms with Crippen LogP contribution in [0, 0.1) is 6.92 Å². The van der Waals surface area contributed by atoms with Crippen LogP contribution in [0.3, 0.4) is 0 Å². The van der Waals surface area contributed by atoms with E-state index in [4.69, 9.17) is 9.47 Å². The summed E-state index contributed by atoms with van der Waals surface area (Å²) in [6.45, 7) is 6.02. The summed E-state index contributed by atoms with van der Waals surface area (Å²) in [6, 6.07) is 20.5. The van der Waals surface area contributed by atoms with Crippen LogP contribution in [0.15, 0.2) is 72.8 Å². The highest BCUT2D eigenvalue weighted by atomic mass is 16.5. The molecule has 170 valence electrons. The summed E-state index contributed by atoms with van der Waals surface area (Å²) in [6.07, 6.45) is 3.27. The van der Waals surface area contributed by atoms with Crippen LogP contribution in [-0.4, -0.2) is 25.4 Å². The number of ether oxygens (including phenoxy) is 2. The van der Waals surface area contributed by atoms with Crippen molar-refractivity contribution in [3.63, 3.8) is 0 Å². The van der Waals surface area contributed by atoms with E-state index in [-0.39, 0.29) is 18.3 Å². The van der Waals surface area contributed by atoms with Gasteiger partial charge in [-0.25, -0.2) is 0 Å². The van der Waals surface area contributed by atoms with Crippen LogP contribution in [0.4, 0.5) is 5.69 Å². The van der Waals surface area contributed by atoms with Crippen LogP contribution in [-0.2, 0) is 4.79 Å². The summed E-state index contributed by atoms with van der Waals surface area (Å²) < 4.78 is 11.1. The number of amides is 1. The number of allylic oxidation sites excluding steroid dienone is 1. The van der Waals surface area contributed by atoms with Gasteiger partial charge in [-0.2, -0.15) is 0 Å². The summed E-state index contributed by atoms with van der Waals surface area (Å²) in [5, 5.41) is 2.83. The molecule has 0 heterocycles. The number of carbonyl (C=O) groups is 2. The number of ketones is 1. The van der Waals surface area contributed by atoms with E-state index in [0.717, 1.165) is 16.8 Å². The number of nitrogens with one attached hydrogen (secondary N) is 1. The highest BCUT2D eigenvalue weighted by Gasteiger charge is 2.10. The molecule has 0 saturated heterocycles. The maximum absolute atomic E-state index is 12.5. The molecule has 5 heteroatoms. The molecule has 1 N–H and O–H groups in total. The lowest BCUT2D eigenvalue weighted by Crippen LogP contribution is -2.20. The van der Waals surface area contributed by atoms with E-state index in [1.807, 2.05) is 61.5 Å². The molecule has 1 amide bonds. The average Bonchev–Trinajstić information content (AvgIpc) is 2.82. The lowest BCUT2D eigenvalue weighted by Gasteiger charge is -2.12. The first-order valence-electron chi connectivity index (χ1n) is 10.9. The Labute approximate surface area is 195 Å². The van der Waals surface area contributed by atoms with Crippen molar-refractivity contribution in [1.29, 1.82) is 0 Å². The van der Waals surface area contributed by atoms with Crippen LogP contribution in [0.5, 0.6) is 11.5 Å². The minimum Gasteiger partial charge on any atom is -0.493 e. The second kappa shape index (κ2) is 11.1. The first-order chi connectivity index (χ1) is 15.9. The fraction of sp³-hybridized carbons (Fsp3) is 0.214. The molecule has 3 aromatic carbocycles. The maximum Gasteiger partial charge on any atom is 0.262 e. The minimum atomic E-state index is -0.260. The van der Waals surface area contributed by atoms with Crippen molar-refractivity contribution in [2.75, 3.05) is 19.0 Å². The fourth-order valence-electron chi connectivity index (χ4n) is 3.25. The lowest BCUT2D eigenvalue weighted by atomic mass is 10.0. The van der Waals surface area contributed by atoms with Crippen LogP contribution < -0.4 is 14.8 Å². The molecule has 0 spiro atoms. The number of hydrogen-bond acceptors (Lipinski definition) is 4. The Bertz CT molecular complexity index is 1150. The summed E-state index contributed by atoms with van der Waals surface area (Å²) in [5.41, 5.74) is 4.36. The third-order valence-corrected chi connectivity index (χ3v) is 5.25. The summed E-state index contributed by atoms with van der Waals surface area (Å²) >= 11 is 0.